The lowest BCUT2D eigenvalue weighted by molar-refractivity contribution is 0.475. The number of furan rings is 1. The molecule has 0 bridgehead atoms. The minimum Gasteiger partial charge on any atom is -0.459 e. The SMILES string of the molecule is CCc1cccc2c(CC(C)C)c(CNCC(C)C)oc12. The number of aryl methyl sites for hydroxylation is 1. The van der Waals surface area contributed by atoms with Gasteiger partial charge in [-0.3, -0.25) is 0 Å². The van der Waals surface area contributed by atoms with Gasteiger partial charge in [-0.25, -0.2) is 0 Å². The molecule has 0 aliphatic carbocycles. The summed E-state index contributed by atoms with van der Waals surface area (Å²) in [5.74, 6) is 2.43. The Hall–Kier alpha value is -1.28. The molecular formula is C19H29NO. The summed E-state index contributed by atoms with van der Waals surface area (Å²) in [4.78, 5) is 0. The highest BCUT2D eigenvalue weighted by atomic mass is 16.3. The summed E-state index contributed by atoms with van der Waals surface area (Å²) in [6.07, 6.45) is 2.10. The highest BCUT2D eigenvalue weighted by molar-refractivity contribution is 5.85. The van der Waals surface area contributed by atoms with E-state index in [0.717, 1.165) is 37.3 Å². The molecule has 1 heterocycles. The van der Waals surface area contributed by atoms with Gasteiger partial charge in [0, 0.05) is 10.9 Å². The zero-order valence-corrected chi connectivity index (χ0v) is 14.1. The topological polar surface area (TPSA) is 25.2 Å². The van der Waals surface area contributed by atoms with Crippen molar-refractivity contribution in [2.24, 2.45) is 11.8 Å². The molecule has 0 atom stereocenters. The van der Waals surface area contributed by atoms with Crippen LogP contribution in [0.3, 0.4) is 0 Å². The molecule has 2 heteroatoms. The molecule has 0 unspecified atom stereocenters. The van der Waals surface area contributed by atoms with E-state index in [-0.39, 0.29) is 0 Å². The average Bonchev–Trinajstić information content (AvgIpc) is 2.76. The van der Waals surface area contributed by atoms with Crippen LogP contribution in [-0.4, -0.2) is 6.54 Å². The molecule has 1 aromatic heterocycles. The van der Waals surface area contributed by atoms with Gasteiger partial charge in [-0.05, 0) is 36.8 Å². The second-order valence-electron chi connectivity index (χ2n) is 6.77. The highest BCUT2D eigenvalue weighted by Crippen LogP contribution is 2.30. The van der Waals surface area contributed by atoms with Gasteiger partial charge in [0.05, 0.1) is 6.54 Å². The molecule has 116 valence electrons. The van der Waals surface area contributed by atoms with Crippen molar-refractivity contribution in [3.8, 4) is 0 Å². The molecule has 0 fully saturated rings. The van der Waals surface area contributed by atoms with Crippen LogP contribution in [0.4, 0.5) is 0 Å². The third kappa shape index (κ3) is 3.88. The maximum Gasteiger partial charge on any atom is 0.137 e. The van der Waals surface area contributed by atoms with Crippen LogP contribution in [-0.2, 0) is 19.4 Å². The van der Waals surface area contributed by atoms with Crippen molar-refractivity contribution in [1.82, 2.24) is 5.32 Å². The predicted molar refractivity (Wildman–Crippen MR) is 90.7 cm³/mol. The van der Waals surface area contributed by atoms with Crippen LogP contribution in [0.1, 0.15) is 51.5 Å². The van der Waals surface area contributed by atoms with Crippen LogP contribution < -0.4 is 5.32 Å². The number of nitrogens with one attached hydrogen (secondary N) is 1. The zero-order valence-electron chi connectivity index (χ0n) is 14.1. The first kappa shape index (κ1) is 16.1. The van der Waals surface area contributed by atoms with Gasteiger partial charge in [0.2, 0.25) is 0 Å². The minimum absolute atomic E-state index is 0.639. The first-order chi connectivity index (χ1) is 10.0. The Bertz CT molecular complexity index is 581. The van der Waals surface area contributed by atoms with Crippen molar-refractivity contribution in [3.05, 3.63) is 35.1 Å². The summed E-state index contributed by atoms with van der Waals surface area (Å²) in [7, 11) is 0. The third-order valence-corrected chi connectivity index (χ3v) is 3.81. The van der Waals surface area contributed by atoms with Crippen molar-refractivity contribution >= 4 is 11.0 Å². The Morgan fingerprint density at radius 3 is 2.48 bits per heavy atom. The van der Waals surface area contributed by atoms with E-state index in [1.807, 2.05) is 0 Å². The van der Waals surface area contributed by atoms with Gasteiger partial charge in [-0.1, -0.05) is 52.8 Å². The van der Waals surface area contributed by atoms with E-state index in [2.05, 4.69) is 58.1 Å². The van der Waals surface area contributed by atoms with Gasteiger partial charge >= 0.3 is 0 Å². The molecule has 0 saturated heterocycles. The predicted octanol–water partition coefficient (Wildman–Crippen LogP) is 4.94. The van der Waals surface area contributed by atoms with Gasteiger partial charge in [0.15, 0.2) is 0 Å². The third-order valence-electron chi connectivity index (χ3n) is 3.81. The van der Waals surface area contributed by atoms with Crippen LogP contribution in [0.5, 0.6) is 0 Å². The van der Waals surface area contributed by atoms with Crippen molar-refractivity contribution in [1.29, 1.82) is 0 Å². The molecule has 0 amide bonds. The minimum atomic E-state index is 0.639. The molecule has 1 aromatic carbocycles. The van der Waals surface area contributed by atoms with E-state index in [0.29, 0.717) is 11.8 Å². The van der Waals surface area contributed by atoms with E-state index in [4.69, 9.17) is 4.42 Å². The molecule has 0 radical (unpaired) electrons. The molecule has 0 saturated carbocycles. The monoisotopic (exact) mass is 287 g/mol. The first-order valence-electron chi connectivity index (χ1n) is 8.25. The number of fused-ring (bicyclic) bond motifs is 1. The van der Waals surface area contributed by atoms with E-state index >= 15 is 0 Å². The van der Waals surface area contributed by atoms with Gasteiger partial charge in [0.25, 0.3) is 0 Å². The van der Waals surface area contributed by atoms with Crippen molar-refractivity contribution in [3.63, 3.8) is 0 Å². The Balaban J connectivity index is 2.37. The number of hydrogen-bond acceptors (Lipinski definition) is 2. The van der Waals surface area contributed by atoms with Gasteiger partial charge in [0.1, 0.15) is 11.3 Å². The molecule has 1 N–H and O–H groups in total. The Labute approximate surface area is 128 Å². The number of hydrogen-bond donors (Lipinski definition) is 1. The number of para-hydroxylation sites is 1. The smallest absolute Gasteiger partial charge is 0.137 e. The zero-order chi connectivity index (χ0) is 15.4. The molecule has 2 aromatic rings. The molecular weight excluding hydrogens is 258 g/mol. The summed E-state index contributed by atoms with van der Waals surface area (Å²) in [5, 5.41) is 4.83. The molecule has 0 aliphatic heterocycles. The standard InChI is InChI=1S/C19H29NO/c1-6-15-8-7-9-16-17(10-13(2)3)18(21-19(15)16)12-20-11-14(4)5/h7-9,13-14,20H,6,10-12H2,1-5H3. The first-order valence-corrected chi connectivity index (χ1v) is 8.25. The second-order valence-corrected chi connectivity index (χ2v) is 6.77. The quantitative estimate of drug-likeness (QED) is 0.780. The van der Waals surface area contributed by atoms with Gasteiger partial charge < -0.3 is 9.73 Å². The lowest BCUT2D eigenvalue weighted by atomic mass is 9.98. The summed E-state index contributed by atoms with van der Waals surface area (Å²) >= 11 is 0. The number of benzene rings is 1. The van der Waals surface area contributed by atoms with Crippen LogP contribution in [0.15, 0.2) is 22.6 Å². The van der Waals surface area contributed by atoms with Crippen LogP contribution in [0.2, 0.25) is 0 Å². The van der Waals surface area contributed by atoms with Gasteiger partial charge in [-0.2, -0.15) is 0 Å². The van der Waals surface area contributed by atoms with E-state index < -0.39 is 0 Å². The Morgan fingerprint density at radius 2 is 1.86 bits per heavy atom. The lowest BCUT2D eigenvalue weighted by Gasteiger charge is -2.09. The lowest BCUT2D eigenvalue weighted by Crippen LogP contribution is -2.19. The highest BCUT2D eigenvalue weighted by Gasteiger charge is 2.16. The van der Waals surface area contributed by atoms with E-state index in [1.165, 1.54) is 16.5 Å². The Kier molecular flexibility index (Phi) is 5.46. The molecule has 2 nitrogen and oxygen atoms in total. The van der Waals surface area contributed by atoms with Crippen LogP contribution in [0, 0.1) is 11.8 Å². The van der Waals surface area contributed by atoms with Crippen LogP contribution in [0.25, 0.3) is 11.0 Å². The number of rotatable bonds is 7. The Morgan fingerprint density at radius 1 is 1.10 bits per heavy atom. The fourth-order valence-electron chi connectivity index (χ4n) is 2.81. The van der Waals surface area contributed by atoms with Crippen LogP contribution >= 0.6 is 0 Å². The van der Waals surface area contributed by atoms with Crippen molar-refractivity contribution in [2.75, 3.05) is 6.54 Å². The summed E-state index contributed by atoms with van der Waals surface area (Å²) in [6.45, 7) is 13.1. The van der Waals surface area contributed by atoms with Gasteiger partial charge in [-0.15, -0.1) is 0 Å². The summed E-state index contributed by atoms with van der Waals surface area (Å²) in [5.41, 5.74) is 3.80. The average molecular weight is 287 g/mol. The molecule has 2 rings (SSSR count). The second kappa shape index (κ2) is 7.13. The van der Waals surface area contributed by atoms with E-state index in [9.17, 15) is 0 Å². The maximum absolute atomic E-state index is 6.24. The largest absolute Gasteiger partial charge is 0.459 e. The fraction of sp³-hybridized carbons (Fsp3) is 0.579. The molecule has 21 heavy (non-hydrogen) atoms. The summed E-state index contributed by atoms with van der Waals surface area (Å²) < 4.78 is 6.24. The molecule has 0 spiro atoms. The summed E-state index contributed by atoms with van der Waals surface area (Å²) in [6, 6.07) is 6.55. The fourth-order valence-corrected chi connectivity index (χ4v) is 2.81. The maximum atomic E-state index is 6.24. The normalized spacial score (nSPS) is 12.0. The van der Waals surface area contributed by atoms with E-state index in [1.54, 1.807) is 0 Å². The van der Waals surface area contributed by atoms with Crippen molar-refractivity contribution < 1.29 is 4.42 Å². The van der Waals surface area contributed by atoms with Crippen molar-refractivity contribution in [2.45, 2.75) is 54.0 Å². The molecule has 0 aliphatic rings.